The minimum absolute atomic E-state index is 0.0286. The van der Waals surface area contributed by atoms with Gasteiger partial charge in [-0.3, -0.25) is 4.79 Å². The number of carbonyl (C=O) groups excluding carboxylic acids is 1. The summed E-state index contributed by atoms with van der Waals surface area (Å²) >= 11 is 0. The summed E-state index contributed by atoms with van der Waals surface area (Å²) < 4.78 is 5.28. The summed E-state index contributed by atoms with van der Waals surface area (Å²) in [5, 5.41) is 12.5. The van der Waals surface area contributed by atoms with Crippen molar-refractivity contribution >= 4 is 22.5 Å². The fourth-order valence-corrected chi connectivity index (χ4v) is 2.28. The maximum Gasteiger partial charge on any atom is 0.256 e. The van der Waals surface area contributed by atoms with Gasteiger partial charge in [0.05, 0.1) is 6.61 Å². The number of H-pyrrole nitrogens is 1. The Bertz CT molecular complexity index is 778. The predicted molar refractivity (Wildman–Crippen MR) is 85.3 cm³/mol. The molecule has 5 heteroatoms. The highest BCUT2D eigenvalue weighted by Crippen LogP contribution is 2.20. The third-order valence-corrected chi connectivity index (χ3v) is 3.31. The molecule has 0 aliphatic rings. The van der Waals surface area contributed by atoms with Crippen molar-refractivity contribution in [3.05, 3.63) is 60.3 Å². The number of hydrogen-bond acceptors (Lipinski definition) is 3. The van der Waals surface area contributed by atoms with E-state index in [1.165, 1.54) is 0 Å². The van der Waals surface area contributed by atoms with Gasteiger partial charge in [-0.2, -0.15) is 0 Å². The average Bonchev–Trinajstić information content (AvgIpc) is 3.02. The van der Waals surface area contributed by atoms with E-state index in [2.05, 4.69) is 10.3 Å². The first kappa shape index (κ1) is 14.2. The number of ether oxygens (including phenoxy) is 1. The van der Waals surface area contributed by atoms with Gasteiger partial charge in [0.25, 0.3) is 5.91 Å². The van der Waals surface area contributed by atoms with Crippen molar-refractivity contribution < 1.29 is 14.6 Å². The first-order valence-corrected chi connectivity index (χ1v) is 6.99. The maximum atomic E-state index is 12.4. The smallest absolute Gasteiger partial charge is 0.256 e. The zero-order valence-electron chi connectivity index (χ0n) is 11.9. The highest BCUT2D eigenvalue weighted by atomic mass is 16.5. The Morgan fingerprint density at radius 2 is 1.95 bits per heavy atom. The minimum Gasteiger partial charge on any atom is -0.491 e. The Labute approximate surface area is 127 Å². The SMILES string of the molecule is O=C(Nc1ccc(OCCO)cc1)c1cccc2[nH]ccc12. The molecule has 0 unspecified atom stereocenters. The van der Waals surface area contributed by atoms with Crippen LogP contribution in [0.15, 0.2) is 54.7 Å². The Kier molecular flexibility index (Phi) is 4.07. The van der Waals surface area contributed by atoms with Crippen LogP contribution in [0.4, 0.5) is 5.69 Å². The summed E-state index contributed by atoms with van der Waals surface area (Å²) in [4.78, 5) is 15.5. The van der Waals surface area contributed by atoms with Gasteiger partial charge in [-0.1, -0.05) is 6.07 Å². The van der Waals surface area contributed by atoms with Crippen LogP contribution in [0.5, 0.6) is 5.75 Å². The molecule has 5 nitrogen and oxygen atoms in total. The number of aliphatic hydroxyl groups excluding tert-OH is 1. The Morgan fingerprint density at radius 1 is 1.14 bits per heavy atom. The maximum absolute atomic E-state index is 12.4. The first-order chi connectivity index (χ1) is 10.8. The zero-order chi connectivity index (χ0) is 15.4. The molecular weight excluding hydrogens is 280 g/mol. The van der Waals surface area contributed by atoms with Crippen LogP contribution in [-0.4, -0.2) is 29.2 Å². The van der Waals surface area contributed by atoms with Gasteiger partial charge < -0.3 is 20.1 Å². The van der Waals surface area contributed by atoms with Crippen molar-refractivity contribution in [3.8, 4) is 5.75 Å². The van der Waals surface area contributed by atoms with Gasteiger partial charge in [-0.25, -0.2) is 0 Å². The van der Waals surface area contributed by atoms with Crippen LogP contribution < -0.4 is 10.1 Å². The van der Waals surface area contributed by atoms with Crippen molar-refractivity contribution in [1.82, 2.24) is 4.98 Å². The van der Waals surface area contributed by atoms with E-state index >= 15 is 0 Å². The van der Waals surface area contributed by atoms with Gasteiger partial charge in [-0.15, -0.1) is 0 Å². The molecule has 0 atom stereocenters. The molecule has 0 radical (unpaired) electrons. The fourth-order valence-electron chi connectivity index (χ4n) is 2.28. The molecule has 1 aromatic heterocycles. The lowest BCUT2D eigenvalue weighted by molar-refractivity contribution is 0.102. The molecule has 1 amide bonds. The largest absolute Gasteiger partial charge is 0.491 e. The van der Waals surface area contributed by atoms with E-state index in [1.54, 1.807) is 30.3 Å². The van der Waals surface area contributed by atoms with Crippen LogP contribution in [0, 0.1) is 0 Å². The number of aromatic nitrogens is 1. The second-order valence-electron chi connectivity index (χ2n) is 4.80. The zero-order valence-corrected chi connectivity index (χ0v) is 11.9. The lowest BCUT2D eigenvalue weighted by Gasteiger charge is -2.08. The van der Waals surface area contributed by atoms with E-state index < -0.39 is 0 Å². The van der Waals surface area contributed by atoms with Gasteiger partial charge in [0.2, 0.25) is 0 Å². The second-order valence-corrected chi connectivity index (χ2v) is 4.80. The molecule has 3 N–H and O–H groups in total. The normalized spacial score (nSPS) is 10.6. The van der Waals surface area contributed by atoms with Gasteiger partial charge in [0, 0.05) is 28.4 Å². The molecule has 0 spiro atoms. The molecule has 0 aliphatic carbocycles. The molecule has 0 saturated carbocycles. The molecule has 22 heavy (non-hydrogen) atoms. The van der Waals surface area contributed by atoms with Crippen LogP contribution in [-0.2, 0) is 0 Å². The number of anilines is 1. The molecule has 2 aromatic carbocycles. The van der Waals surface area contributed by atoms with E-state index in [0.29, 0.717) is 17.0 Å². The molecule has 1 heterocycles. The van der Waals surface area contributed by atoms with Crippen molar-refractivity contribution in [3.63, 3.8) is 0 Å². The number of aromatic amines is 1. The standard InChI is InChI=1S/C17H16N2O3/c20-10-11-22-13-6-4-12(5-7-13)19-17(21)15-2-1-3-16-14(15)8-9-18-16/h1-9,18,20H,10-11H2,(H,19,21). The minimum atomic E-state index is -0.158. The highest BCUT2D eigenvalue weighted by molar-refractivity contribution is 6.12. The number of carbonyl (C=O) groups is 1. The van der Waals surface area contributed by atoms with Crippen molar-refractivity contribution in [2.75, 3.05) is 18.5 Å². The average molecular weight is 296 g/mol. The number of aliphatic hydroxyl groups is 1. The van der Waals surface area contributed by atoms with E-state index in [1.807, 2.05) is 24.4 Å². The molecular formula is C17H16N2O3. The van der Waals surface area contributed by atoms with E-state index in [-0.39, 0.29) is 19.1 Å². The predicted octanol–water partition coefficient (Wildman–Crippen LogP) is 2.79. The monoisotopic (exact) mass is 296 g/mol. The first-order valence-electron chi connectivity index (χ1n) is 6.99. The molecule has 0 aliphatic heterocycles. The van der Waals surface area contributed by atoms with Crippen molar-refractivity contribution in [1.29, 1.82) is 0 Å². The Balaban J connectivity index is 1.75. The molecule has 3 rings (SSSR count). The van der Waals surface area contributed by atoms with Crippen LogP contribution >= 0.6 is 0 Å². The summed E-state index contributed by atoms with van der Waals surface area (Å²) in [7, 11) is 0. The molecule has 0 fully saturated rings. The van der Waals surface area contributed by atoms with Crippen LogP contribution in [0.25, 0.3) is 10.9 Å². The van der Waals surface area contributed by atoms with Crippen molar-refractivity contribution in [2.45, 2.75) is 0 Å². The van der Waals surface area contributed by atoms with Crippen LogP contribution in [0.1, 0.15) is 10.4 Å². The summed E-state index contributed by atoms with van der Waals surface area (Å²) in [6.07, 6.45) is 1.81. The summed E-state index contributed by atoms with van der Waals surface area (Å²) in [5.41, 5.74) is 2.24. The quantitative estimate of drug-likeness (QED) is 0.677. The topological polar surface area (TPSA) is 74.3 Å². The lowest BCUT2D eigenvalue weighted by atomic mass is 10.1. The van der Waals surface area contributed by atoms with Gasteiger partial charge >= 0.3 is 0 Å². The number of rotatable bonds is 5. The fraction of sp³-hybridized carbons (Fsp3) is 0.118. The molecule has 0 saturated heterocycles. The number of benzene rings is 2. The van der Waals surface area contributed by atoms with Crippen LogP contribution in [0.3, 0.4) is 0 Å². The second kappa shape index (κ2) is 6.32. The number of nitrogens with one attached hydrogen (secondary N) is 2. The number of hydrogen-bond donors (Lipinski definition) is 3. The molecule has 3 aromatic rings. The van der Waals surface area contributed by atoms with E-state index in [0.717, 1.165) is 10.9 Å². The number of amides is 1. The van der Waals surface area contributed by atoms with Gasteiger partial charge in [0.1, 0.15) is 12.4 Å². The summed E-state index contributed by atoms with van der Waals surface area (Å²) in [6, 6.07) is 14.5. The molecule has 112 valence electrons. The lowest BCUT2D eigenvalue weighted by Crippen LogP contribution is -2.12. The van der Waals surface area contributed by atoms with Crippen LogP contribution in [0.2, 0.25) is 0 Å². The summed E-state index contributed by atoms with van der Waals surface area (Å²) in [6.45, 7) is 0.223. The Morgan fingerprint density at radius 3 is 2.73 bits per heavy atom. The third kappa shape index (κ3) is 2.94. The molecule has 0 bridgehead atoms. The van der Waals surface area contributed by atoms with Crippen molar-refractivity contribution in [2.24, 2.45) is 0 Å². The van der Waals surface area contributed by atoms with E-state index in [9.17, 15) is 4.79 Å². The summed E-state index contributed by atoms with van der Waals surface area (Å²) in [5.74, 6) is 0.494. The highest BCUT2D eigenvalue weighted by Gasteiger charge is 2.10. The Hall–Kier alpha value is -2.79. The number of fused-ring (bicyclic) bond motifs is 1. The van der Waals surface area contributed by atoms with Gasteiger partial charge in [0.15, 0.2) is 0 Å². The van der Waals surface area contributed by atoms with Gasteiger partial charge in [-0.05, 0) is 42.5 Å². The third-order valence-electron chi connectivity index (χ3n) is 3.31. The van der Waals surface area contributed by atoms with E-state index in [4.69, 9.17) is 9.84 Å².